The van der Waals surface area contributed by atoms with Crippen LogP contribution in [0.3, 0.4) is 0 Å². The van der Waals surface area contributed by atoms with Crippen LogP contribution < -0.4 is 10.1 Å². The van der Waals surface area contributed by atoms with E-state index in [1.807, 2.05) is 0 Å². The zero-order valence-electron chi connectivity index (χ0n) is 10.2. The van der Waals surface area contributed by atoms with Gasteiger partial charge in [0.25, 0.3) is 0 Å². The SMILES string of the molecule is CNc1ccc(Oc2ccnc(C=O)c2)cc1N=O. The van der Waals surface area contributed by atoms with Gasteiger partial charge in [-0.05, 0) is 23.4 Å². The van der Waals surface area contributed by atoms with Crippen molar-refractivity contribution in [3.05, 3.63) is 47.1 Å². The topological polar surface area (TPSA) is 80.7 Å². The Kier molecular flexibility index (Phi) is 3.82. The number of pyridine rings is 1. The summed E-state index contributed by atoms with van der Waals surface area (Å²) >= 11 is 0. The first-order valence-electron chi connectivity index (χ1n) is 5.51. The number of carbonyl (C=O) groups excluding carboxylic acids is 1. The summed E-state index contributed by atoms with van der Waals surface area (Å²) in [6, 6.07) is 8.02. The van der Waals surface area contributed by atoms with Gasteiger partial charge in [0.15, 0.2) is 6.29 Å². The van der Waals surface area contributed by atoms with Crippen LogP contribution in [-0.2, 0) is 0 Å². The molecule has 2 aromatic rings. The summed E-state index contributed by atoms with van der Waals surface area (Å²) in [4.78, 5) is 25.1. The predicted octanol–water partition coefficient (Wildman–Crippen LogP) is 3.13. The second-order valence-electron chi connectivity index (χ2n) is 3.66. The number of benzene rings is 1. The molecule has 0 unspecified atom stereocenters. The highest BCUT2D eigenvalue weighted by molar-refractivity contribution is 5.72. The number of nitroso groups, excluding NO2 is 1. The molecule has 6 nitrogen and oxygen atoms in total. The van der Waals surface area contributed by atoms with E-state index in [4.69, 9.17) is 4.74 Å². The first kappa shape index (κ1) is 12.7. The van der Waals surface area contributed by atoms with Gasteiger partial charge < -0.3 is 10.1 Å². The zero-order chi connectivity index (χ0) is 13.7. The highest BCUT2D eigenvalue weighted by Gasteiger charge is 2.05. The number of hydrogen-bond acceptors (Lipinski definition) is 6. The fraction of sp³-hybridized carbons (Fsp3) is 0.0769. The first-order chi connectivity index (χ1) is 9.26. The number of hydrogen-bond donors (Lipinski definition) is 1. The van der Waals surface area contributed by atoms with Crippen molar-refractivity contribution in [2.75, 3.05) is 12.4 Å². The molecule has 0 aliphatic heterocycles. The molecule has 2 rings (SSSR count). The molecule has 1 N–H and O–H groups in total. The molecule has 0 saturated heterocycles. The van der Waals surface area contributed by atoms with Gasteiger partial charge in [0.1, 0.15) is 22.9 Å². The molecule has 1 aromatic carbocycles. The van der Waals surface area contributed by atoms with E-state index in [2.05, 4.69) is 15.5 Å². The largest absolute Gasteiger partial charge is 0.457 e. The molecule has 0 atom stereocenters. The van der Waals surface area contributed by atoms with E-state index >= 15 is 0 Å². The van der Waals surface area contributed by atoms with Crippen molar-refractivity contribution < 1.29 is 9.53 Å². The van der Waals surface area contributed by atoms with Gasteiger partial charge in [0.05, 0.1) is 5.69 Å². The summed E-state index contributed by atoms with van der Waals surface area (Å²) in [5, 5.41) is 5.77. The van der Waals surface area contributed by atoms with E-state index in [0.29, 0.717) is 23.5 Å². The summed E-state index contributed by atoms with van der Waals surface area (Å²) in [6.45, 7) is 0. The maximum absolute atomic E-state index is 10.7. The lowest BCUT2D eigenvalue weighted by molar-refractivity contribution is 0.111. The molecule has 0 fully saturated rings. The summed E-state index contributed by atoms with van der Waals surface area (Å²) in [5.74, 6) is 0.919. The molecule has 0 aliphatic rings. The molecular formula is C13H11N3O3. The Morgan fingerprint density at radius 2 is 2.05 bits per heavy atom. The van der Waals surface area contributed by atoms with E-state index in [9.17, 15) is 9.70 Å². The molecule has 6 heteroatoms. The summed E-state index contributed by atoms with van der Waals surface area (Å²) in [6.07, 6.45) is 2.11. The van der Waals surface area contributed by atoms with Gasteiger partial charge >= 0.3 is 0 Å². The van der Waals surface area contributed by atoms with Gasteiger partial charge in [-0.2, -0.15) is 0 Å². The Bertz CT molecular complexity index is 614. The molecule has 0 amide bonds. The minimum atomic E-state index is 0.254. The van der Waals surface area contributed by atoms with E-state index < -0.39 is 0 Å². The Labute approximate surface area is 109 Å². The minimum absolute atomic E-state index is 0.254. The third-order valence-electron chi connectivity index (χ3n) is 2.45. The predicted molar refractivity (Wildman–Crippen MR) is 71.1 cm³/mol. The summed E-state index contributed by atoms with van der Waals surface area (Å²) in [7, 11) is 1.70. The lowest BCUT2D eigenvalue weighted by Crippen LogP contribution is -1.91. The highest BCUT2D eigenvalue weighted by Crippen LogP contribution is 2.31. The van der Waals surface area contributed by atoms with Crippen LogP contribution in [0.2, 0.25) is 0 Å². The molecule has 19 heavy (non-hydrogen) atoms. The van der Waals surface area contributed by atoms with Crippen LogP contribution in [-0.4, -0.2) is 18.3 Å². The molecule has 0 spiro atoms. The van der Waals surface area contributed by atoms with Crippen molar-refractivity contribution in [1.29, 1.82) is 0 Å². The van der Waals surface area contributed by atoms with Crippen LogP contribution in [0.15, 0.2) is 41.7 Å². The van der Waals surface area contributed by atoms with Crippen LogP contribution in [0.1, 0.15) is 10.5 Å². The maximum Gasteiger partial charge on any atom is 0.168 e. The Morgan fingerprint density at radius 3 is 2.74 bits per heavy atom. The van der Waals surface area contributed by atoms with Gasteiger partial charge in [0, 0.05) is 25.4 Å². The van der Waals surface area contributed by atoms with E-state index in [0.717, 1.165) is 0 Å². The fourth-order valence-corrected chi connectivity index (χ4v) is 1.55. The molecule has 0 radical (unpaired) electrons. The zero-order valence-corrected chi connectivity index (χ0v) is 10.2. The third kappa shape index (κ3) is 2.92. The second-order valence-corrected chi connectivity index (χ2v) is 3.66. The number of carbonyl (C=O) groups is 1. The lowest BCUT2D eigenvalue weighted by Gasteiger charge is -2.08. The molecule has 1 heterocycles. The molecule has 1 aromatic heterocycles. The van der Waals surface area contributed by atoms with Gasteiger partial charge in [0.2, 0.25) is 0 Å². The summed E-state index contributed by atoms with van der Waals surface area (Å²) in [5.41, 5.74) is 1.15. The van der Waals surface area contributed by atoms with Crippen molar-refractivity contribution in [2.45, 2.75) is 0 Å². The Balaban J connectivity index is 2.27. The first-order valence-corrected chi connectivity index (χ1v) is 5.51. The average molecular weight is 257 g/mol. The fourth-order valence-electron chi connectivity index (χ4n) is 1.55. The monoisotopic (exact) mass is 257 g/mol. The number of ether oxygens (including phenoxy) is 1. The molecule has 0 bridgehead atoms. The number of anilines is 1. The van der Waals surface area contributed by atoms with Crippen LogP contribution >= 0.6 is 0 Å². The van der Waals surface area contributed by atoms with E-state index in [1.54, 1.807) is 25.2 Å². The molecule has 96 valence electrons. The van der Waals surface area contributed by atoms with Crippen LogP contribution in [0, 0.1) is 4.91 Å². The Hall–Kier alpha value is -2.76. The van der Waals surface area contributed by atoms with Gasteiger partial charge in [-0.15, -0.1) is 4.91 Å². The third-order valence-corrected chi connectivity index (χ3v) is 2.45. The van der Waals surface area contributed by atoms with E-state index in [-0.39, 0.29) is 11.4 Å². The van der Waals surface area contributed by atoms with Gasteiger partial charge in [-0.25, -0.2) is 0 Å². The van der Waals surface area contributed by atoms with Crippen molar-refractivity contribution in [1.82, 2.24) is 4.98 Å². The molecule has 0 saturated carbocycles. The summed E-state index contributed by atoms with van der Waals surface area (Å²) < 4.78 is 5.54. The lowest BCUT2D eigenvalue weighted by atomic mass is 10.2. The standard InChI is InChI=1S/C13H11N3O3/c1-14-12-3-2-10(7-13(12)16-18)19-11-4-5-15-9(6-11)8-17/h2-8,14H,1H3. The second kappa shape index (κ2) is 5.72. The van der Waals surface area contributed by atoms with Crippen LogP contribution in [0.25, 0.3) is 0 Å². The van der Waals surface area contributed by atoms with Crippen LogP contribution in [0.5, 0.6) is 11.5 Å². The van der Waals surface area contributed by atoms with Crippen molar-refractivity contribution in [3.63, 3.8) is 0 Å². The van der Waals surface area contributed by atoms with Crippen molar-refractivity contribution >= 4 is 17.7 Å². The molecular weight excluding hydrogens is 246 g/mol. The van der Waals surface area contributed by atoms with Crippen molar-refractivity contribution in [3.8, 4) is 11.5 Å². The highest BCUT2D eigenvalue weighted by atomic mass is 16.5. The number of rotatable bonds is 5. The number of nitrogens with one attached hydrogen (secondary N) is 1. The average Bonchev–Trinajstić information content (AvgIpc) is 2.47. The normalized spacial score (nSPS) is 9.74. The number of aldehydes is 1. The Morgan fingerprint density at radius 1 is 1.26 bits per heavy atom. The van der Waals surface area contributed by atoms with Gasteiger partial charge in [-0.1, -0.05) is 0 Å². The number of aromatic nitrogens is 1. The minimum Gasteiger partial charge on any atom is -0.457 e. The maximum atomic E-state index is 10.7. The van der Waals surface area contributed by atoms with E-state index in [1.165, 1.54) is 18.3 Å². The van der Waals surface area contributed by atoms with Crippen LogP contribution in [0.4, 0.5) is 11.4 Å². The van der Waals surface area contributed by atoms with Gasteiger partial charge in [-0.3, -0.25) is 9.78 Å². The molecule has 0 aliphatic carbocycles. The number of nitrogens with zero attached hydrogens (tertiary/aromatic N) is 2. The smallest absolute Gasteiger partial charge is 0.168 e. The van der Waals surface area contributed by atoms with Crippen molar-refractivity contribution in [2.24, 2.45) is 5.18 Å². The quantitative estimate of drug-likeness (QED) is 0.657.